The second kappa shape index (κ2) is 6.76. The minimum absolute atomic E-state index is 0.0436. The molecule has 0 aromatic heterocycles. The van der Waals surface area contributed by atoms with Crippen LogP contribution < -0.4 is 9.47 Å². The van der Waals surface area contributed by atoms with E-state index in [4.69, 9.17) is 9.47 Å². The van der Waals surface area contributed by atoms with Crippen molar-refractivity contribution in [1.29, 1.82) is 0 Å². The van der Waals surface area contributed by atoms with Crippen molar-refractivity contribution in [1.82, 2.24) is 0 Å². The summed E-state index contributed by atoms with van der Waals surface area (Å²) in [5, 5.41) is 9.28. The molecule has 0 radical (unpaired) electrons. The minimum atomic E-state index is -1.20. The summed E-state index contributed by atoms with van der Waals surface area (Å²) >= 11 is 0. The van der Waals surface area contributed by atoms with Crippen molar-refractivity contribution in [3.8, 4) is 11.5 Å². The Morgan fingerprint density at radius 1 is 1.14 bits per heavy atom. The second-order valence-electron chi connectivity index (χ2n) is 4.68. The van der Waals surface area contributed by atoms with Crippen molar-refractivity contribution in [2.24, 2.45) is 0 Å². The molecule has 2 aromatic carbocycles. The molecule has 0 amide bonds. The zero-order valence-corrected chi connectivity index (χ0v) is 12.3. The number of hydrogen-bond acceptors (Lipinski definition) is 4. The third-order valence-electron chi connectivity index (χ3n) is 3.13. The molecule has 0 unspecified atom stereocenters. The zero-order valence-electron chi connectivity index (χ0n) is 12.3. The summed E-state index contributed by atoms with van der Waals surface area (Å²) in [5.74, 6) is -1.05. The van der Waals surface area contributed by atoms with Gasteiger partial charge in [-0.2, -0.15) is 0 Å². The number of carboxylic acids is 1. The van der Waals surface area contributed by atoms with Crippen LogP contribution in [0.15, 0.2) is 42.5 Å². The molecule has 0 saturated carbocycles. The van der Waals surface area contributed by atoms with Crippen LogP contribution in [-0.2, 0) is 6.61 Å². The number of ketones is 1. The van der Waals surface area contributed by atoms with Gasteiger partial charge in [0, 0.05) is 6.07 Å². The Morgan fingerprint density at radius 3 is 2.36 bits per heavy atom. The number of carboxylic acid groups (broad SMARTS) is 1. The van der Waals surface area contributed by atoms with Gasteiger partial charge in [0.2, 0.25) is 0 Å². The van der Waals surface area contributed by atoms with Crippen LogP contribution in [0.3, 0.4) is 0 Å². The lowest BCUT2D eigenvalue weighted by atomic mass is 10.0. The van der Waals surface area contributed by atoms with Crippen molar-refractivity contribution in [2.45, 2.75) is 13.5 Å². The predicted molar refractivity (Wildman–Crippen MR) is 80.7 cm³/mol. The van der Waals surface area contributed by atoms with Crippen LogP contribution >= 0.6 is 0 Å². The lowest BCUT2D eigenvalue weighted by molar-refractivity contribution is 0.0691. The Morgan fingerprint density at radius 2 is 1.82 bits per heavy atom. The first-order valence-corrected chi connectivity index (χ1v) is 6.66. The van der Waals surface area contributed by atoms with Crippen LogP contribution in [0.2, 0.25) is 0 Å². The van der Waals surface area contributed by atoms with Crippen LogP contribution in [0, 0.1) is 0 Å². The molecule has 5 nitrogen and oxygen atoms in total. The number of benzene rings is 2. The fourth-order valence-electron chi connectivity index (χ4n) is 2.11. The molecule has 0 aliphatic heterocycles. The summed E-state index contributed by atoms with van der Waals surface area (Å²) in [4.78, 5) is 23.0. The molecule has 0 fully saturated rings. The quantitative estimate of drug-likeness (QED) is 0.829. The van der Waals surface area contributed by atoms with Gasteiger partial charge in [0.25, 0.3) is 0 Å². The normalized spacial score (nSPS) is 10.1. The fourth-order valence-corrected chi connectivity index (χ4v) is 2.11. The van der Waals surface area contributed by atoms with Gasteiger partial charge in [-0.15, -0.1) is 0 Å². The van der Waals surface area contributed by atoms with Crippen molar-refractivity contribution in [3.05, 3.63) is 59.2 Å². The van der Waals surface area contributed by atoms with Gasteiger partial charge in [-0.3, -0.25) is 4.79 Å². The lowest BCUT2D eigenvalue weighted by Gasteiger charge is -2.13. The van der Waals surface area contributed by atoms with E-state index < -0.39 is 5.97 Å². The van der Waals surface area contributed by atoms with Gasteiger partial charge in [-0.05, 0) is 18.6 Å². The SMILES string of the molecule is COc1cc(OCc2ccccc2)cc(C(=O)O)c1C(C)=O. The van der Waals surface area contributed by atoms with Crippen molar-refractivity contribution in [3.63, 3.8) is 0 Å². The number of Topliss-reactive ketones (excluding diaryl/α,β-unsaturated/α-hetero) is 1. The Hall–Kier alpha value is -2.82. The number of aromatic carboxylic acids is 1. The molecule has 22 heavy (non-hydrogen) atoms. The minimum Gasteiger partial charge on any atom is -0.496 e. The van der Waals surface area contributed by atoms with E-state index in [0.717, 1.165) is 5.56 Å². The largest absolute Gasteiger partial charge is 0.496 e. The molecule has 2 rings (SSSR count). The standard InChI is InChI=1S/C17H16O5/c1-11(18)16-14(17(19)20)8-13(9-15(16)21-2)22-10-12-6-4-3-5-7-12/h3-9H,10H2,1-2H3,(H,19,20). The van der Waals surface area contributed by atoms with Crippen LogP contribution in [-0.4, -0.2) is 24.0 Å². The van der Waals surface area contributed by atoms with E-state index in [1.165, 1.54) is 26.2 Å². The van der Waals surface area contributed by atoms with E-state index in [1.807, 2.05) is 30.3 Å². The Balaban J connectivity index is 2.34. The van der Waals surface area contributed by atoms with Crippen LogP contribution in [0.4, 0.5) is 0 Å². The molecule has 2 aromatic rings. The molecule has 0 saturated heterocycles. The summed E-state index contributed by atoms with van der Waals surface area (Å²) in [6, 6.07) is 12.3. The third kappa shape index (κ3) is 3.44. The van der Waals surface area contributed by atoms with Crippen molar-refractivity contribution in [2.75, 3.05) is 7.11 Å². The van der Waals surface area contributed by atoms with Crippen LogP contribution in [0.25, 0.3) is 0 Å². The topological polar surface area (TPSA) is 72.8 Å². The lowest BCUT2D eigenvalue weighted by Crippen LogP contribution is -2.09. The molecule has 5 heteroatoms. The number of hydrogen-bond donors (Lipinski definition) is 1. The van der Waals surface area contributed by atoms with Crippen LogP contribution in [0.1, 0.15) is 33.2 Å². The summed E-state index contributed by atoms with van der Waals surface area (Å²) in [6.07, 6.45) is 0. The number of ether oxygens (including phenoxy) is 2. The van der Waals surface area contributed by atoms with Gasteiger partial charge in [0.15, 0.2) is 5.78 Å². The maximum Gasteiger partial charge on any atom is 0.336 e. The molecule has 0 spiro atoms. The molecule has 0 bridgehead atoms. The highest BCUT2D eigenvalue weighted by Gasteiger charge is 2.20. The predicted octanol–water partition coefficient (Wildman–Crippen LogP) is 3.18. The van der Waals surface area contributed by atoms with Gasteiger partial charge in [0.05, 0.1) is 18.2 Å². The molecular formula is C17H16O5. The Bertz CT molecular complexity index is 692. The van der Waals surface area contributed by atoms with E-state index in [9.17, 15) is 14.7 Å². The van der Waals surface area contributed by atoms with Crippen LogP contribution in [0.5, 0.6) is 11.5 Å². The Kier molecular flexibility index (Phi) is 4.78. The maximum atomic E-state index is 11.7. The van der Waals surface area contributed by atoms with E-state index in [-0.39, 0.29) is 22.7 Å². The first-order chi connectivity index (χ1) is 10.5. The average Bonchev–Trinajstić information content (AvgIpc) is 2.52. The zero-order chi connectivity index (χ0) is 16.1. The number of carbonyl (C=O) groups is 2. The number of rotatable bonds is 6. The number of carbonyl (C=O) groups excluding carboxylic acids is 1. The Labute approximate surface area is 128 Å². The molecule has 0 atom stereocenters. The highest BCUT2D eigenvalue weighted by Crippen LogP contribution is 2.30. The van der Waals surface area contributed by atoms with Gasteiger partial charge in [0.1, 0.15) is 18.1 Å². The summed E-state index contributed by atoms with van der Waals surface area (Å²) in [7, 11) is 1.38. The van der Waals surface area contributed by atoms with Crippen molar-refractivity contribution < 1.29 is 24.2 Å². The first-order valence-electron chi connectivity index (χ1n) is 6.66. The highest BCUT2D eigenvalue weighted by molar-refractivity contribution is 6.07. The summed E-state index contributed by atoms with van der Waals surface area (Å²) in [5.41, 5.74) is 0.867. The molecule has 1 N–H and O–H groups in total. The fraction of sp³-hybridized carbons (Fsp3) is 0.176. The van der Waals surface area contributed by atoms with Gasteiger partial charge in [-0.25, -0.2) is 4.79 Å². The smallest absolute Gasteiger partial charge is 0.336 e. The summed E-state index contributed by atoms with van der Waals surface area (Å²) < 4.78 is 10.7. The molecular weight excluding hydrogens is 284 g/mol. The number of methoxy groups -OCH3 is 1. The van der Waals surface area contributed by atoms with Gasteiger partial charge < -0.3 is 14.6 Å². The monoisotopic (exact) mass is 300 g/mol. The second-order valence-corrected chi connectivity index (χ2v) is 4.68. The van der Waals surface area contributed by atoms with Gasteiger partial charge >= 0.3 is 5.97 Å². The van der Waals surface area contributed by atoms with Gasteiger partial charge in [-0.1, -0.05) is 30.3 Å². The first kappa shape index (κ1) is 15.6. The van der Waals surface area contributed by atoms with Crippen molar-refractivity contribution >= 4 is 11.8 Å². The van der Waals surface area contributed by atoms with E-state index in [2.05, 4.69) is 0 Å². The average molecular weight is 300 g/mol. The maximum absolute atomic E-state index is 11.7. The van der Waals surface area contributed by atoms with E-state index in [0.29, 0.717) is 12.4 Å². The molecule has 0 heterocycles. The molecule has 0 aliphatic rings. The molecule has 0 aliphatic carbocycles. The molecule has 114 valence electrons. The van der Waals surface area contributed by atoms with E-state index in [1.54, 1.807) is 0 Å². The van der Waals surface area contributed by atoms with E-state index >= 15 is 0 Å². The summed E-state index contributed by atoms with van der Waals surface area (Å²) in [6.45, 7) is 1.59. The third-order valence-corrected chi connectivity index (χ3v) is 3.13. The highest BCUT2D eigenvalue weighted by atomic mass is 16.5.